The van der Waals surface area contributed by atoms with Crippen molar-refractivity contribution in [3.05, 3.63) is 22.8 Å². The second-order valence-electron chi connectivity index (χ2n) is 5.54. The Morgan fingerprint density at radius 3 is 2.61 bits per heavy atom. The molecule has 0 aromatic carbocycles. The lowest BCUT2D eigenvalue weighted by atomic mass is 9.70. The molecule has 5 unspecified atom stereocenters. The zero-order valence-electron chi connectivity index (χ0n) is 10.6. The number of aliphatic hydroxyl groups excluding tert-OH is 1. The van der Waals surface area contributed by atoms with Crippen molar-refractivity contribution in [2.75, 3.05) is 0 Å². The second-order valence-corrected chi connectivity index (χ2v) is 5.54. The van der Waals surface area contributed by atoms with Crippen molar-refractivity contribution >= 4 is 11.8 Å². The highest BCUT2D eigenvalue weighted by Gasteiger charge is 2.56. The molecule has 1 aliphatic heterocycles. The number of ether oxygens (including phenoxy) is 1. The summed E-state index contributed by atoms with van der Waals surface area (Å²) < 4.78 is 5.40. The zero-order valence-corrected chi connectivity index (χ0v) is 10.6. The minimum atomic E-state index is -0.758. The van der Waals surface area contributed by atoms with Gasteiger partial charge in [0.25, 0.3) is 0 Å². The Labute approximate surface area is 105 Å². The molecular weight excluding hydrogens is 232 g/mol. The molecule has 4 heteroatoms. The van der Waals surface area contributed by atoms with Crippen molar-refractivity contribution in [3.63, 3.8) is 0 Å². The van der Waals surface area contributed by atoms with Crippen molar-refractivity contribution < 1.29 is 19.4 Å². The first-order valence-electron chi connectivity index (χ1n) is 6.25. The highest BCUT2D eigenvalue weighted by atomic mass is 16.6. The summed E-state index contributed by atoms with van der Waals surface area (Å²) in [6, 6.07) is 0. The van der Waals surface area contributed by atoms with Crippen molar-refractivity contribution in [3.8, 4) is 0 Å². The Balaban J connectivity index is 2.14. The maximum absolute atomic E-state index is 11.9. The zero-order chi connectivity index (χ0) is 13.2. The third kappa shape index (κ3) is 1.24. The number of esters is 1. The summed E-state index contributed by atoms with van der Waals surface area (Å²) in [4.78, 5) is 23.7. The Kier molecular flexibility index (Phi) is 2.29. The van der Waals surface area contributed by atoms with Crippen molar-refractivity contribution in [2.24, 2.45) is 17.8 Å². The van der Waals surface area contributed by atoms with Gasteiger partial charge in [-0.05, 0) is 25.5 Å². The molecule has 18 heavy (non-hydrogen) atoms. The molecule has 3 aliphatic rings. The maximum Gasteiger partial charge on any atom is 0.309 e. The highest BCUT2D eigenvalue weighted by Crippen LogP contribution is 2.49. The maximum atomic E-state index is 11.9. The van der Waals surface area contributed by atoms with E-state index >= 15 is 0 Å². The molecule has 96 valence electrons. The van der Waals surface area contributed by atoms with E-state index in [9.17, 15) is 14.7 Å². The van der Waals surface area contributed by atoms with E-state index in [2.05, 4.69) is 0 Å². The average molecular weight is 248 g/mol. The topological polar surface area (TPSA) is 63.6 Å². The smallest absolute Gasteiger partial charge is 0.309 e. The van der Waals surface area contributed by atoms with Crippen LogP contribution in [0.1, 0.15) is 20.8 Å². The molecule has 2 aliphatic carbocycles. The molecule has 4 nitrogen and oxygen atoms in total. The summed E-state index contributed by atoms with van der Waals surface area (Å²) in [7, 11) is 0. The van der Waals surface area contributed by atoms with Crippen LogP contribution in [-0.2, 0) is 14.3 Å². The summed E-state index contributed by atoms with van der Waals surface area (Å²) in [6.45, 7) is 5.45. The number of carbonyl (C=O) groups excluding carboxylic acids is 2. The summed E-state index contributed by atoms with van der Waals surface area (Å²) in [5.41, 5.74) is 2.26. The highest BCUT2D eigenvalue weighted by molar-refractivity contribution is 6.09. The van der Waals surface area contributed by atoms with Gasteiger partial charge in [-0.25, -0.2) is 0 Å². The fraction of sp³-hybridized carbons (Fsp3) is 0.571. The lowest BCUT2D eigenvalue weighted by Gasteiger charge is -2.36. The number of hydrogen-bond acceptors (Lipinski definition) is 4. The van der Waals surface area contributed by atoms with Gasteiger partial charge in [-0.3, -0.25) is 9.59 Å². The Morgan fingerprint density at radius 2 is 1.94 bits per heavy atom. The number of ketones is 1. The molecule has 1 N–H and O–H groups in total. The van der Waals surface area contributed by atoms with Gasteiger partial charge in [0, 0.05) is 17.4 Å². The van der Waals surface area contributed by atoms with Gasteiger partial charge in [0.1, 0.15) is 6.10 Å². The number of carbonyl (C=O) groups is 2. The molecule has 0 amide bonds. The van der Waals surface area contributed by atoms with Crippen LogP contribution in [0.5, 0.6) is 0 Å². The molecule has 1 fully saturated rings. The predicted octanol–water partition coefficient (Wildman–Crippen LogP) is 1.00. The Bertz CT molecular complexity index is 514. The van der Waals surface area contributed by atoms with Crippen LogP contribution in [0.4, 0.5) is 0 Å². The van der Waals surface area contributed by atoms with Crippen LogP contribution in [0, 0.1) is 17.8 Å². The molecular formula is C14H16O4. The summed E-state index contributed by atoms with van der Waals surface area (Å²) in [6.07, 6.45) is 0.449. The summed E-state index contributed by atoms with van der Waals surface area (Å²) in [5, 5.41) is 10.3. The largest absolute Gasteiger partial charge is 0.461 e. The van der Waals surface area contributed by atoms with Gasteiger partial charge in [0.2, 0.25) is 0 Å². The van der Waals surface area contributed by atoms with E-state index in [0.29, 0.717) is 11.1 Å². The molecule has 5 atom stereocenters. The SMILES string of the molecule is CC1=CC(=O)C2=C(C)C(O)C3C(C)C(=O)OC3C12. The van der Waals surface area contributed by atoms with Crippen LogP contribution >= 0.6 is 0 Å². The number of allylic oxidation sites excluding steroid dienone is 1. The number of rotatable bonds is 0. The van der Waals surface area contributed by atoms with Crippen molar-refractivity contribution in [2.45, 2.75) is 33.0 Å². The lowest BCUT2D eigenvalue weighted by Crippen LogP contribution is -2.43. The van der Waals surface area contributed by atoms with E-state index in [4.69, 9.17) is 4.74 Å². The molecule has 0 spiro atoms. The monoisotopic (exact) mass is 248 g/mol. The fourth-order valence-electron chi connectivity index (χ4n) is 3.57. The number of hydrogen-bond donors (Lipinski definition) is 1. The lowest BCUT2D eigenvalue weighted by molar-refractivity contribution is -0.145. The van der Waals surface area contributed by atoms with Gasteiger partial charge in [0.15, 0.2) is 5.78 Å². The van der Waals surface area contributed by atoms with Gasteiger partial charge >= 0.3 is 5.97 Å². The quantitative estimate of drug-likeness (QED) is 0.650. The van der Waals surface area contributed by atoms with Crippen LogP contribution in [0.15, 0.2) is 22.8 Å². The Hall–Kier alpha value is -1.42. The predicted molar refractivity (Wildman–Crippen MR) is 63.5 cm³/mol. The molecule has 1 heterocycles. The molecule has 0 aromatic heterocycles. The minimum absolute atomic E-state index is 0.0527. The van der Waals surface area contributed by atoms with Gasteiger partial charge in [-0.15, -0.1) is 0 Å². The Morgan fingerprint density at radius 1 is 1.28 bits per heavy atom. The van der Waals surface area contributed by atoms with Crippen LogP contribution < -0.4 is 0 Å². The molecule has 1 saturated heterocycles. The molecule has 0 bridgehead atoms. The molecule has 3 rings (SSSR count). The number of fused-ring (bicyclic) bond motifs is 3. The van der Waals surface area contributed by atoms with Crippen LogP contribution in [-0.4, -0.2) is 29.1 Å². The first kappa shape index (κ1) is 11.7. The summed E-state index contributed by atoms with van der Waals surface area (Å²) >= 11 is 0. The minimum Gasteiger partial charge on any atom is -0.461 e. The van der Waals surface area contributed by atoms with Crippen LogP contribution in [0.2, 0.25) is 0 Å². The average Bonchev–Trinajstić information content (AvgIpc) is 2.75. The number of aliphatic hydroxyl groups is 1. The third-order valence-corrected chi connectivity index (χ3v) is 4.57. The van der Waals surface area contributed by atoms with E-state index in [1.54, 1.807) is 19.9 Å². The van der Waals surface area contributed by atoms with E-state index in [-0.39, 0.29) is 35.6 Å². The third-order valence-electron chi connectivity index (χ3n) is 4.57. The molecule has 0 radical (unpaired) electrons. The van der Waals surface area contributed by atoms with Crippen molar-refractivity contribution in [1.29, 1.82) is 0 Å². The first-order chi connectivity index (χ1) is 8.43. The van der Waals surface area contributed by atoms with E-state index < -0.39 is 6.10 Å². The van der Waals surface area contributed by atoms with Gasteiger partial charge < -0.3 is 9.84 Å². The first-order valence-corrected chi connectivity index (χ1v) is 6.25. The van der Waals surface area contributed by atoms with Gasteiger partial charge in [-0.1, -0.05) is 12.5 Å². The summed E-state index contributed by atoms with van der Waals surface area (Å²) in [5.74, 6) is -1.03. The fourth-order valence-corrected chi connectivity index (χ4v) is 3.57. The molecule has 0 aromatic rings. The van der Waals surface area contributed by atoms with E-state index in [1.807, 2.05) is 6.92 Å². The molecule has 0 saturated carbocycles. The van der Waals surface area contributed by atoms with Crippen LogP contribution in [0.3, 0.4) is 0 Å². The van der Waals surface area contributed by atoms with Crippen molar-refractivity contribution in [1.82, 2.24) is 0 Å². The van der Waals surface area contributed by atoms with E-state index in [1.165, 1.54) is 0 Å². The van der Waals surface area contributed by atoms with Gasteiger partial charge in [-0.2, -0.15) is 0 Å². The van der Waals surface area contributed by atoms with Gasteiger partial charge in [0.05, 0.1) is 12.0 Å². The van der Waals surface area contributed by atoms with E-state index in [0.717, 1.165) is 5.57 Å². The normalized spacial score (nSPS) is 42.7. The standard InChI is InChI=1S/C14H16O4/c1-5-4-8(15)10-6(2)12(16)11-7(3)14(17)18-13(11)9(5)10/h4,7,9,11-13,16H,1-3H3. The van der Waals surface area contributed by atoms with Crippen LogP contribution in [0.25, 0.3) is 0 Å². The second kappa shape index (κ2) is 3.54.